The number of nitrogens with zero attached hydrogens (tertiary/aromatic N) is 5. The number of nitrogens with two attached hydrogens (primary N) is 1. The van der Waals surface area contributed by atoms with Crippen LogP contribution in [-0.2, 0) is 15.9 Å². The maximum absolute atomic E-state index is 11.3. The number of aromatic nitrogens is 5. The third kappa shape index (κ3) is 4.07. The van der Waals surface area contributed by atoms with Crippen molar-refractivity contribution in [2.24, 2.45) is 5.73 Å². The van der Waals surface area contributed by atoms with Gasteiger partial charge in [-0.15, -0.1) is 0 Å². The van der Waals surface area contributed by atoms with Gasteiger partial charge >= 0.3 is 17.9 Å². The number of esters is 2. The molecule has 0 amide bonds. The molecule has 0 fully saturated rings. The molecule has 0 spiro atoms. The monoisotopic (exact) mass is 414 g/mol. The number of fused-ring (bicyclic) bond motifs is 2. The number of tetrazole rings is 1. The molecule has 1 aromatic carbocycles. The Morgan fingerprint density at radius 1 is 1.17 bits per heavy atom. The molecule has 0 saturated carbocycles. The molecule has 2 aromatic heterocycles. The third-order valence-electron chi connectivity index (χ3n) is 4.48. The quantitative estimate of drug-likeness (QED) is 0.569. The van der Waals surface area contributed by atoms with Gasteiger partial charge in [-0.05, 0) is 46.5 Å². The topological polar surface area (TPSA) is 172 Å². The molecule has 2 heterocycles. The summed E-state index contributed by atoms with van der Waals surface area (Å²) in [6.07, 6.45) is 1.93. The Kier molecular flexibility index (Phi) is 5.97. The molecule has 0 bridgehead atoms. The SMILES string of the molecule is COC(=O)c1cc(C(=O)O)nc2nnnn12.COC(=O)c1ccc2c(c1)CC[C@@H]2N. The Balaban J connectivity index is 0.000000172. The van der Waals surface area contributed by atoms with E-state index in [4.69, 9.17) is 10.8 Å². The van der Waals surface area contributed by atoms with E-state index in [0.717, 1.165) is 29.0 Å². The Morgan fingerprint density at radius 2 is 1.90 bits per heavy atom. The van der Waals surface area contributed by atoms with Gasteiger partial charge in [-0.25, -0.2) is 19.4 Å². The van der Waals surface area contributed by atoms with Gasteiger partial charge in [-0.2, -0.15) is 4.52 Å². The summed E-state index contributed by atoms with van der Waals surface area (Å²) in [5, 5.41) is 19.0. The number of rotatable bonds is 3. The minimum atomic E-state index is -1.28. The zero-order valence-electron chi connectivity index (χ0n) is 16.1. The van der Waals surface area contributed by atoms with Crippen LogP contribution in [0, 0.1) is 0 Å². The molecule has 0 saturated heterocycles. The Morgan fingerprint density at radius 3 is 2.57 bits per heavy atom. The van der Waals surface area contributed by atoms with Crippen molar-refractivity contribution in [3.05, 3.63) is 52.3 Å². The predicted molar refractivity (Wildman–Crippen MR) is 99.9 cm³/mol. The van der Waals surface area contributed by atoms with Crippen LogP contribution in [0.3, 0.4) is 0 Å². The van der Waals surface area contributed by atoms with Crippen molar-refractivity contribution in [3.63, 3.8) is 0 Å². The smallest absolute Gasteiger partial charge is 0.357 e. The number of carbonyl (C=O) groups excluding carboxylic acids is 2. The van der Waals surface area contributed by atoms with Gasteiger partial charge in [0.25, 0.3) is 5.78 Å². The van der Waals surface area contributed by atoms with Gasteiger partial charge < -0.3 is 20.3 Å². The van der Waals surface area contributed by atoms with E-state index in [1.165, 1.54) is 19.8 Å². The van der Waals surface area contributed by atoms with Gasteiger partial charge in [0.2, 0.25) is 0 Å². The number of carbonyl (C=O) groups is 3. The second-order valence-corrected chi connectivity index (χ2v) is 6.26. The van der Waals surface area contributed by atoms with Crippen LogP contribution in [0.2, 0.25) is 0 Å². The number of carboxylic acid groups (broad SMARTS) is 1. The van der Waals surface area contributed by atoms with E-state index < -0.39 is 11.9 Å². The molecule has 12 nitrogen and oxygen atoms in total. The number of carboxylic acids is 1. The number of hydrogen-bond donors (Lipinski definition) is 2. The molecule has 1 aliphatic rings. The van der Waals surface area contributed by atoms with E-state index in [1.54, 1.807) is 6.07 Å². The van der Waals surface area contributed by atoms with Crippen molar-refractivity contribution in [3.8, 4) is 0 Å². The van der Waals surface area contributed by atoms with Gasteiger partial charge in [0.15, 0.2) is 11.4 Å². The molecule has 3 aromatic rings. The Labute approximate surface area is 169 Å². The molecule has 0 unspecified atom stereocenters. The van der Waals surface area contributed by atoms with Crippen molar-refractivity contribution < 1.29 is 29.0 Å². The van der Waals surface area contributed by atoms with E-state index >= 15 is 0 Å². The second kappa shape index (κ2) is 8.61. The first-order valence-electron chi connectivity index (χ1n) is 8.73. The van der Waals surface area contributed by atoms with E-state index in [2.05, 4.69) is 30.0 Å². The standard InChI is InChI=1S/C11H13NO2.C7H5N5O4/c1-14-11(13)8-2-4-9-7(6-8)3-5-10(9)12;1-16-6(15)4-2-3(5(13)14)8-7-9-10-11-12(4)7/h2,4,6,10H,3,5,12H2,1H3;2H,1H3,(H,13,14)/t10-;/m0./s1. The molecular formula is C18H18N6O6. The highest BCUT2D eigenvalue weighted by atomic mass is 16.5. The highest BCUT2D eigenvalue weighted by Crippen LogP contribution is 2.29. The van der Waals surface area contributed by atoms with Gasteiger partial charge in [0, 0.05) is 12.1 Å². The lowest BCUT2D eigenvalue weighted by Gasteiger charge is -2.05. The Hall–Kier alpha value is -3.93. The Bertz CT molecular complexity index is 1130. The van der Waals surface area contributed by atoms with E-state index in [1.807, 2.05) is 12.1 Å². The molecule has 156 valence electrons. The van der Waals surface area contributed by atoms with Crippen LogP contribution in [0.25, 0.3) is 5.78 Å². The predicted octanol–water partition coefficient (Wildman–Crippen LogP) is 0.423. The molecule has 0 aliphatic heterocycles. The molecule has 3 N–H and O–H groups in total. The lowest BCUT2D eigenvalue weighted by molar-refractivity contribution is 0.0584. The number of aromatic carboxylic acids is 1. The first-order chi connectivity index (χ1) is 14.3. The minimum absolute atomic E-state index is 0.0831. The van der Waals surface area contributed by atoms with Gasteiger partial charge in [0.05, 0.1) is 19.8 Å². The maximum atomic E-state index is 11.3. The van der Waals surface area contributed by atoms with Crippen molar-refractivity contribution in [1.82, 2.24) is 25.0 Å². The third-order valence-corrected chi connectivity index (χ3v) is 4.48. The number of hydrogen-bond acceptors (Lipinski definition) is 10. The fourth-order valence-electron chi connectivity index (χ4n) is 2.99. The normalized spacial score (nSPS) is 14.4. The molecular weight excluding hydrogens is 396 g/mol. The van der Waals surface area contributed by atoms with Crippen molar-refractivity contribution in [1.29, 1.82) is 0 Å². The largest absolute Gasteiger partial charge is 0.477 e. The van der Waals surface area contributed by atoms with E-state index in [-0.39, 0.29) is 29.2 Å². The van der Waals surface area contributed by atoms with Crippen LogP contribution < -0.4 is 5.73 Å². The van der Waals surface area contributed by atoms with Crippen LogP contribution in [0.4, 0.5) is 0 Å². The summed E-state index contributed by atoms with van der Waals surface area (Å²) >= 11 is 0. The highest BCUT2D eigenvalue weighted by Gasteiger charge is 2.20. The lowest BCUT2D eigenvalue weighted by Crippen LogP contribution is -2.13. The summed E-state index contributed by atoms with van der Waals surface area (Å²) in [5.41, 5.74) is 8.41. The average Bonchev–Trinajstić information content (AvgIpc) is 3.38. The summed E-state index contributed by atoms with van der Waals surface area (Å²) in [4.78, 5) is 37.0. The van der Waals surface area contributed by atoms with E-state index in [0.29, 0.717) is 5.56 Å². The van der Waals surface area contributed by atoms with Gasteiger partial charge in [-0.1, -0.05) is 11.2 Å². The lowest BCUT2D eigenvalue weighted by atomic mass is 10.1. The van der Waals surface area contributed by atoms with Gasteiger partial charge in [-0.3, -0.25) is 0 Å². The van der Waals surface area contributed by atoms with Gasteiger partial charge in [0.1, 0.15) is 0 Å². The van der Waals surface area contributed by atoms with Crippen molar-refractivity contribution in [2.45, 2.75) is 18.9 Å². The van der Waals surface area contributed by atoms with Crippen molar-refractivity contribution in [2.75, 3.05) is 14.2 Å². The maximum Gasteiger partial charge on any atom is 0.357 e. The van der Waals surface area contributed by atoms with Crippen LogP contribution in [0.1, 0.15) is 54.9 Å². The average molecular weight is 414 g/mol. The van der Waals surface area contributed by atoms with Crippen LogP contribution in [-0.4, -0.2) is 62.3 Å². The summed E-state index contributed by atoms with van der Waals surface area (Å²) in [6.45, 7) is 0. The fraction of sp³-hybridized carbons (Fsp3) is 0.278. The summed E-state index contributed by atoms with van der Waals surface area (Å²) in [5.74, 6) is -2.40. The van der Waals surface area contributed by atoms with E-state index in [9.17, 15) is 14.4 Å². The summed E-state index contributed by atoms with van der Waals surface area (Å²) < 4.78 is 10.1. The zero-order chi connectivity index (χ0) is 21.8. The number of ether oxygens (including phenoxy) is 2. The second-order valence-electron chi connectivity index (χ2n) is 6.26. The zero-order valence-corrected chi connectivity index (χ0v) is 16.1. The van der Waals surface area contributed by atoms with Crippen LogP contribution in [0.15, 0.2) is 24.3 Å². The van der Waals surface area contributed by atoms with Crippen LogP contribution in [0.5, 0.6) is 0 Å². The summed E-state index contributed by atoms with van der Waals surface area (Å²) in [6, 6.07) is 6.76. The molecule has 4 rings (SSSR count). The number of benzene rings is 1. The molecule has 0 radical (unpaired) electrons. The highest BCUT2D eigenvalue weighted by molar-refractivity contribution is 5.92. The van der Waals surface area contributed by atoms with Crippen LogP contribution >= 0.6 is 0 Å². The molecule has 12 heteroatoms. The fourth-order valence-corrected chi connectivity index (χ4v) is 2.99. The first-order valence-corrected chi connectivity index (χ1v) is 8.73. The molecule has 30 heavy (non-hydrogen) atoms. The summed E-state index contributed by atoms with van der Waals surface area (Å²) in [7, 11) is 2.56. The number of aryl methyl sites for hydroxylation is 1. The molecule has 1 atom stereocenters. The molecule has 1 aliphatic carbocycles. The van der Waals surface area contributed by atoms with Crippen molar-refractivity contribution >= 4 is 23.7 Å². The minimum Gasteiger partial charge on any atom is -0.477 e. The number of methoxy groups -OCH3 is 2. The first kappa shape index (κ1) is 20.8.